The van der Waals surface area contributed by atoms with Crippen molar-refractivity contribution in [3.05, 3.63) is 24.3 Å². The van der Waals surface area contributed by atoms with Crippen molar-refractivity contribution in [2.75, 3.05) is 18.0 Å². The van der Waals surface area contributed by atoms with Crippen LogP contribution >= 0.6 is 0 Å². The molecule has 1 saturated heterocycles. The molecular weight excluding hydrogens is 196 g/mol. The lowest BCUT2D eigenvalue weighted by atomic mass is 10.2. The first-order chi connectivity index (χ1) is 7.18. The number of piperazine rings is 1. The summed E-state index contributed by atoms with van der Waals surface area (Å²) in [4.78, 5) is 23.9. The average molecular weight is 206 g/mol. The predicted octanol–water partition coefficient (Wildman–Crippen LogP) is -0.145. The minimum Gasteiger partial charge on any atom is -0.508 e. The van der Waals surface area contributed by atoms with Gasteiger partial charge in [0.1, 0.15) is 5.75 Å². The molecule has 1 aliphatic rings. The third-order valence-electron chi connectivity index (χ3n) is 2.20. The molecule has 2 rings (SSSR count). The van der Waals surface area contributed by atoms with Gasteiger partial charge >= 0.3 is 11.8 Å². The van der Waals surface area contributed by atoms with E-state index < -0.39 is 11.8 Å². The molecule has 0 bridgehead atoms. The molecule has 1 heterocycles. The van der Waals surface area contributed by atoms with Gasteiger partial charge in [0.05, 0.1) is 0 Å². The Kier molecular flexibility index (Phi) is 2.29. The lowest BCUT2D eigenvalue weighted by Gasteiger charge is -2.26. The summed E-state index contributed by atoms with van der Waals surface area (Å²) < 4.78 is 0. The highest BCUT2D eigenvalue weighted by Crippen LogP contribution is 2.20. The van der Waals surface area contributed by atoms with Gasteiger partial charge in [-0.25, -0.2) is 0 Å². The number of nitrogens with zero attached hydrogens (tertiary/aromatic N) is 1. The van der Waals surface area contributed by atoms with Gasteiger partial charge in [0.25, 0.3) is 0 Å². The van der Waals surface area contributed by atoms with Crippen LogP contribution in [0.2, 0.25) is 0 Å². The van der Waals surface area contributed by atoms with Gasteiger partial charge in [0, 0.05) is 24.8 Å². The number of carbonyl (C=O) groups is 2. The molecule has 1 aromatic carbocycles. The van der Waals surface area contributed by atoms with Crippen LogP contribution in [0.3, 0.4) is 0 Å². The smallest absolute Gasteiger partial charge is 0.316 e. The molecule has 5 nitrogen and oxygen atoms in total. The second kappa shape index (κ2) is 3.61. The molecule has 0 atom stereocenters. The Bertz CT molecular complexity index is 417. The summed E-state index contributed by atoms with van der Waals surface area (Å²) in [5.41, 5.74) is 0.537. The first-order valence-corrected chi connectivity index (χ1v) is 4.57. The highest BCUT2D eigenvalue weighted by molar-refractivity contribution is 6.41. The summed E-state index contributed by atoms with van der Waals surface area (Å²) in [7, 11) is 0. The minimum atomic E-state index is -0.607. The Morgan fingerprint density at radius 3 is 2.87 bits per heavy atom. The summed E-state index contributed by atoms with van der Waals surface area (Å²) >= 11 is 0. The van der Waals surface area contributed by atoms with Gasteiger partial charge < -0.3 is 15.3 Å². The Hall–Kier alpha value is -2.04. The summed E-state index contributed by atoms with van der Waals surface area (Å²) in [6.45, 7) is 0.855. The monoisotopic (exact) mass is 206 g/mol. The van der Waals surface area contributed by atoms with Crippen LogP contribution in [0.15, 0.2) is 24.3 Å². The van der Waals surface area contributed by atoms with Gasteiger partial charge in [-0.05, 0) is 12.1 Å². The Morgan fingerprint density at radius 2 is 2.13 bits per heavy atom. The van der Waals surface area contributed by atoms with Crippen molar-refractivity contribution in [2.24, 2.45) is 0 Å². The summed E-state index contributed by atoms with van der Waals surface area (Å²) in [6, 6.07) is 6.27. The van der Waals surface area contributed by atoms with Crippen molar-refractivity contribution in [3.8, 4) is 5.75 Å². The van der Waals surface area contributed by atoms with Crippen molar-refractivity contribution >= 4 is 17.5 Å². The van der Waals surface area contributed by atoms with Crippen LogP contribution in [0.25, 0.3) is 0 Å². The van der Waals surface area contributed by atoms with Gasteiger partial charge in [0.2, 0.25) is 0 Å². The van der Waals surface area contributed by atoms with E-state index in [-0.39, 0.29) is 5.75 Å². The molecule has 5 heteroatoms. The van der Waals surface area contributed by atoms with Crippen LogP contribution in [0.5, 0.6) is 5.75 Å². The summed E-state index contributed by atoms with van der Waals surface area (Å²) in [5, 5.41) is 11.7. The number of hydrogen-bond acceptors (Lipinski definition) is 3. The van der Waals surface area contributed by atoms with Crippen LogP contribution in [0, 0.1) is 0 Å². The fourth-order valence-electron chi connectivity index (χ4n) is 1.49. The van der Waals surface area contributed by atoms with E-state index in [1.807, 2.05) is 0 Å². The molecule has 2 amide bonds. The zero-order chi connectivity index (χ0) is 10.8. The van der Waals surface area contributed by atoms with Gasteiger partial charge in [-0.3, -0.25) is 9.59 Å². The highest BCUT2D eigenvalue weighted by Gasteiger charge is 2.27. The standard InChI is InChI=1S/C10H10N2O3/c13-8-3-1-2-7(6-8)12-5-4-11-9(14)10(12)15/h1-3,6,13H,4-5H2,(H,11,14). The van der Waals surface area contributed by atoms with Gasteiger partial charge in [0.15, 0.2) is 0 Å². The molecule has 1 aliphatic heterocycles. The lowest BCUT2D eigenvalue weighted by molar-refractivity contribution is -0.138. The predicted molar refractivity (Wildman–Crippen MR) is 53.5 cm³/mol. The lowest BCUT2D eigenvalue weighted by Crippen LogP contribution is -2.52. The average Bonchev–Trinajstić information content (AvgIpc) is 2.22. The number of anilines is 1. The van der Waals surface area contributed by atoms with Crippen LogP contribution in [-0.4, -0.2) is 30.0 Å². The van der Waals surface area contributed by atoms with E-state index in [0.29, 0.717) is 18.8 Å². The quantitative estimate of drug-likeness (QED) is 0.628. The Morgan fingerprint density at radius 1 is 1.33 bits per heavy atom. The van der Waals surface area contributed by atoms with E-state index in [2.05, 4.69) is 5.32 Å². The van der Waals surface area contributed by atoms with Crippen molar-refractivity contribution in [1.29, 1.82) is 0 Å². The van der Waals surface area contributed by atoms with E-state index in [1.54, 1.807) is 12.1 Å². The second-order valence-corrected chi connectivity index (χ2v) is 3.23. The number of amides is 2. The Labute approximate surface area is 86.3 Å². The molecule has 78 valence electrons. The molecule has 0 spiro atoms. The fourth-order valence-corrected chi connectivity index (χ4v) is 1.49. The molecule has 0 aliphatic carbocycles. The number of benzene rings is 1. The second-order valence-electron chi connectivity index (χ2n) is 3.23. The number of aromatic hydroxyl groups is 1. The van der Waals surface area contributed by atoms with Crippen LogP contribution in [0.4, 0.5) is 5.69 Å². The highest BCUT2D eigenvalue weighted by atomic mass is 16.3. The molecule has 0 radical (unpaired) electrons. The normalized spacial score (nSPS) is 16.4. The first kappa shape index (κ1) is 9.51. The first-order valence-electron chi connectivity index (χ1n) is 4.57. The van der Waals surface area contributed by atoms with E-state index in [0.717, 1.165) is 0 Å². The number of hydrogen-bond donors (Lipinski definition) is 2. The molecule has 1 fully saturated rings. The Balaban J connectivity index is 2.30. The molecular formula is C10H10N2O3. The summed E-state index contributed by atoms with van der Waals surface area (Å²) in [5.74, 6) is -1.12. The number of phenolic OH excluding ortho intramolecular Hbond substituents is 1. The maximum Gasteiger partial charge on any atom is 0.316 e. The zero-order valence-electron chi connectivity index (χ0n) is 7.93. The van der Waals surface area contributed by atoms with E-state index >= 15 is 0 Å². The topological polar surface area (TPSA) is 69.6 Å². The molecule has 0 aromatic heterocycles. The molecule has 2 N–H and O–H groups in total. The zero-order valence-corrected chi connectivity index (χ0v) is 7.93. The number of rotatable bonds is 1. The molecule has 0 saturated carbocycles. The number of nitrogens with one attached hydrogen (secondary N) is 1. The number of phenols is 1. The van der Waals surface area contributed by atoms with Crippen molar-refractivity contribution in [2.45, 2.75) is 0 Å². The van der Waals surface area contributed by atoms with Crippen molar-refractivity contribution in [3.63, 3.8) is 0 Å². The van der Waals surface area contributed by atoms with E-state index in [4.69, 9.17) is 0 Å². The maximum absolute atomic E-state index is 11.5. The fraction of sp³-hybridized carbons (Fsp3) is 0.200. The van der Waals surface area contributed by atoms with Crippen molar-refractivity contribution < 1.29 is 14.7 Å². The summed E-state index contributed by atoms with van der Waals surface area (Å²) in [6.07, 6.45) is 0. The number of carbonyl (C=O) groups excluding carboxylic acids is 2. The molecule has 0 unspecified atom stereocenters. The third-order valence-corrected chi connectivity index (χ3v) is 2.20. The third kappa shape index (κ3) is 1.76. The van der Waals surface area contributed by atoms with Crippen LogP contribution in [0.1, 0.15) is 0 Å². The van der Waals surface area contributed by atoms with E-state index in [1.165, 1.54) is 17.0 Å². The van der Waals surface area contributed by atoms with Crippen LogP contribution < -0.4 is 10.2 Å². The largest absolute Gasteiger partial charge is 0.508 e. The van der Waals surface area contributed by atoms with Gasteiger partial charge in [-0.15, -0.1) is 0 Å². The van der Waals surface area contributed by atoms with E-state index in [9.17, 15) is 14.7 Å². The SMILES string of the molecule is O=C1NCCN(c2cccc(O)c2)C1=O. The minimum absolute atomic E-state index is 0.0753. The molecule has 15 heavy (non-hydrogen) atoms. The van der Waals surface area contributed by atoms with Crippen molar-refractivity contribution in [1.82, 2.24) is 5.32 Å². The molecule has 1 aromatic rings. The van der Waals surface area contributed by atoms with Gasteiger partial charge in [-0.1, -0.05) is 6.07 Å². The van der Waals surface area contributed by atoms with Gasteiger partial charge in [-0.2, -0.15) is 0 Å². The maximum atomic E-state index is 11.5. The van der Waals surface area contributed by atoms with Crippen LogP contribution in [-0.2, 0) is 9.59 Å².